The summed E-state index contributed by atoms with van der Waals surface area (Å²) < 4.78 is 24.9. The molecular formula is C18H27N5O3S. The van der Waals surface area contributed by atoms with E-state index < -0.39 is 10.0 Å². The second-order valence-corrected chi connectivity index (χ2v) is 9.31. The maximum Gasteiger partial charge on any atom is 0.317 e. The number of nitrogens with one attached hydrogen (secondary N) is 2. The Balaban J connectivity index is 1.53. The van der Waals surface area contributed by atoms with Gasteiger partial charge in [0.1, 0.15) is 5.82 Å². The Morgan fingerprint density at radius 1 is 1.44 bits per heavy atom. The van der Waals surface area contributed by atoms with Gasteiger partial charge in [-0.05, 0) is 37.3 Å². The molecule has 0 bridgehead atoms. The number of nitrogens with zero attached hydrogens (tertiary/aromatic N) is 3. The first kappa shape index (κ1) is 19.6. The first-order chi connectivity index (χ1) is 12.7. The minimum atomic E-state index is -3.17. The number of rotatable bonds is 5. The van der Waals surface area contributed by atoms with Crippen LogP contribution < -0.4 is 5.32 Å². The summed E-state index contributed by atoms with van der Waals surface area (Å²) in [6, 6.07) is 5.76. The summed E-state index contributed by atoms with van der Waals surface area (Å²) in [4.78, 5) is 21.8. The van der Waals surface area contributed by atoms with Gasteiger partial charge >= 0.3 is 6.03 Å². The molecule has 27 heavy (non-hydrogen) atoms. The van der Waals surface area contributed by atoms with Crippen LogP contribution in [0.4, 0.5) is 4.79 Å². The predicted octanol–water partition coefficient (Wildman–Crippen LogP) is 1.68. The third kappa shape index (κ3) is 4.78. The number of aryl methyl sites for hydroxylation is 1. The summed E-state index contributed by atoms with van der Waals surface area (Å²) >= 11 is 0. The lowest BCUT2D eigenvalue weighted by Gasteiger charge is -2.31. The van der Waals surface area contributed by atoms with E-state index in [0.717, 1.165) is 35.3 Å². The summed E-state index contributed by atoms with van der Waals surface area (Å²) in [5, 5.41) is 2.91. The third-order valence-electron chi connectivity index (χ3n) is 4.99. The molecule has 1 aliphatic heterocycles. The van der Waals surface area contributed by atoms with Crippen molar-refractivity contribution in [3.63, 3.8) is 0 Å². The van der Waals surface area contributed by atoms with Gasteiger partial charge in [0.25, 0.3) is 0 Å². The van der Waals surface area contributed by atoms with Crippen LogP contribution in [-0.2, 0) is 16.6 Å². The highest BCUT2D eigenvalue weighted by Crippen LogP contribution is 2.18. The summed E-state index contributed by atoms with van der Waals surface area (Å²) in [6.45, 7) is 3.88. The molecule has 2 N–H and O–H groups in total. The highest BCUT2D eigenvalue weighted by molar-refractivity contribution is 7.88. The van der Waals surface area contributed by atoms with Crippen molar-refractivity contribution in [2.24, 2.45) is 5.92 Å². The molecule has 1 saturated heterocycles. The van der Waals surface area contributed by atoms with E-state index in [9.17, 15) is 13.2 Å². The minimum absolute atomic E-state index is 0.139. The Hall–Kier alpha value is -2.13. The van der Waals surface area contributed by atoms with Crippen molar-refractivity contribution in [3.8, 4) is 0 Å². The van der Waals surface area contributed by atoms with Crippen molar-refractivity contribution in [3.05, 3.63) is 29.6 Å². The van der Waals surface area contributed by atoms with Gasteiger partial charge in [-0.3, -0.25) is 0 Å². The molecule has 1 aromatic carbocycles. The SMILES string of the molecule is Cc1cccc2[nH]c(CN(C)C(=O)NC[C@H]3CCCN(S(C)(=O)=O)C3)nc12. The van der Waals surface area contributed by atoms with E-state index in [0.29, 0.717) is 26.2 Å². The van der Waals surface area contributed by atoms with Crippen molar-refractivity contribution in [2.45, 2.75) is 26.3 Å². The van der Waals surface area contributed by atoms with Gasteiger partial charge in [-0.15, -0.1) is 0 Å². The smallest absolute Gasteiger partial charge is 0.317 e. The number of para-hydroxylation sites is 1. The molecule has 2 amide bonds. The van der Waals surface area contributed by atoms with Gasteiger partial charge in [0.15, 0.2) is 0 Å². The van der Waals surface area contributed by atoms with Crippen molar-refractivity contribution in [1.29, 1.82) is 0 Å². The molecule has 0 aliphatic carbocycles. The Morgan fingerprint density at radius 2 is 2.22 bits per heavy atom. The second-order valence-electron chi connectivity index (χ2n) is 7.33. The summed E-state index contributed by atoms with van der Waals surface area (Å²) in [5.41, 5.74) is 2.97. The highest BCUT2D eigenvalue weighted by Gasteiger charge is 2.26. The van der Waals surface area contributed by atoms with Crippen LogP contribution in [0.5, 0.6) is 0 Å². The first-order valence-electron chi connectivity index (χ1n) is 9.12. The minimum Gasteiger partial charge on any atom is -0.340 e. The Bertz CT molecular complexity index is 924. The lowest BCUT2D eigenvalue weighted by Crippen LogP contribution is -2.45. The number of aromatic amines is 1. The van der Waals surface area contributed by atoms with Crippen molar-refractivity contribution in [2.75, 3.05) is 32.9 Å². The van der Waals surface area contributed by atoms with Crippen LogP contribution in [0.1, 0.15) is 24.2 Å². The molecular weight excluding hydrogens is 366 g/mol. The van der Waals surface area contributed by atoms with Gasteiger partial charge in [0.2, 0.25) is 10.0 Å². The van der Waals surface area contributed by atoms with E-state index in [2.05, 4.69) is 15.3 Å². The summed E-state index contributed by atoms with van der Waals surface area (Å²) in [6.07, 6.45) is 2.97. The molecule has 1 aliphatic rings. The average Bonchev–Trinajstić information content (AvgIpc) is 3.03. The molecule has 1 atom stereocenters. The number of amides is 2. The number of benzene rings is 1. The van der Waals surface area contributed by atoms with Crippen LogP contribution >= 0.6 is 0 Å². The van der Waals surface area contributed by atoms with Gasteiger partial charge in [0, 0.05) is 26.7 Å². The number of H-pyrrole nitrogens is 1. The average molecular weight is 394 g/mol. The lowest BCUT2D eigenvalue weighted by molar-refractivity contribution is 0.199. The number of carbonyl (C=O) groups is 1. The molecule has 0 spiro atoms. The predicted molar refractivity (Wildman–Crippen MR) is 105 cm³/mol. The summed E-state index contributed by atoms with van der Waals surface area (Å²) in [7, 11) is -1.45. The molecule has 9 heteroatoms. The van der Waals surface area contributed by atoms with Crippen LogP contribution in [0.2, 0.25) is 0 Å². The van der Waals surface area contributed by atoms with Crippen LogP contribution in [0, 0.1) is 12.8 Å². The molecule has 0 radical (unpaired) electrons. The van der Waals surface area contributed by atoms with Crippen molar-refractivity contribution >= 4 is 27.1 Å². The number of sulfonamides is 1. The monoisotopic (exact) mass is 393 g/mol. The van der Waals surface area contributed by atoms with E-state index in [1.54, 1.807) is 11.9 Å². The second kappa shape index (κ2) is 7.85. The zero-order valence-corrected chi connectivity index (χ0v) is 16.8. The lowest BCUT2D eigenvalue weighted by atomic mass is 10.00. The number of hydrogen-bond acceptors (Lipinski definition) is 4. The number of imidazole rings is 1. The normalized spacial score (nSPS) is 18.6. The Labute approximate surface area is 160 Å². The molecule has 1 fully saturated rings. The first-order valence-corrected chi connectivity index (χ1v) is 11.0. The maximum absolute atomic E-state index is 12.4. The maximum atomic E-state index is 12.4. The number of hydrogen-bond donors (Lipinski definition) is 2. The van der Waals surface area contributed by atoms with E-state index in [1.165, 1.54) is 10.6 Å². The van der Waals surface area contributed by atoms with Crippen LogP contribution in [0.3, 0.4) is 0 Å². The zero-order valence-electron chi connectivity index (χ0n) is 16.0. The van der Waals surface area contributed by atoms with Crippen molar-refractivity contribution in [1.82, 2.24) is 24.5 Å². The fraction of sp³-hybridized carbons (Fsp3) is 0.556. The van der Waals surface area contributed by atoms with E-state index >= 15 is 0 Å². The fourth-order valence-electron chi connectivity index (χ4n) is 3.46. The van der Waals surface area contributed by atoms with Gasteiger partial charge in [-0.1, -0.05) is 12.1 Å². The van der Waals surface area contributed by atoms with E-state index in [1.807, 2.05) is 25.1 Å². The van der Waals surface area contributed by atoms with Gasteiger partial charge in [-0.25, -0.2) is 22.5 Å². The van der Waals surface area contributed by atoms with Gasteiger partial charge < -0.3 is 15.2 Å². The van der Waals surface area contributed by atoms with Crippen molar-refractivity contribution < 1.29 is 13.2 Å². The molecule has 0 saturated carbocycles. The molecule has 8 nitrogen and oxygen atoms in total. The number of piperidine rings is 1. The van der Waals surface area contributed by atoms with Crippen LogP contribution in [0.25, 0.3) is 11.0 Å². The standard InChI is InChI=1S/C18H27N5O3S/c1-13-6-4-8-15-17(13)21-16(20-15)12-22(2)18(24)19-10-14-7-5-9-23(11-14)27(3,25)26/h4,6,8,14H,5,7,9-12H2,1-3H3,(H,19,24)(H,20,21)/t14-/m1/s1. The number of carbonyl (C=O) groups excluding carboxylic acids is 1. The molecule has 1 aromatic heterocycles. The number of urea groups is 1. The highest BCUT2D eigenvalue weighted by atomic mass is 32.2. The molecule has 3 rings (SSSR count). The van der Waals surface area contributed by atoms with E-state index in [4.69, 9.17) is 0 Å². The summed E-state index contributed by atoms with van der Waals surface area (Å²) in [5.74, 6) is 0.873. The number of aromatic nitrogens is 2. The largest absolute Gasteiger partial charge is 0.340 e. The van der Waals surface area contributed by atoms with Crippen LogP contribution in [0.15, 0.2) is 18.2 Å². The quantitative estimate of drug-likeness (QED) is 0.807. The number of fused-ring (bicyclic) bond motifs is 1. The molecule has 0 unspecified atom stereocenters. The van der Waals surface area contributed by atoms with Crippen LogP contribution in [-0.4, -0.2) is 66.6 Å². The topological polar surface area (TPSA) is 98.4 Å². The van der Waals surface area contributed by atoms with E-state index in [-0.39, 0.29) is 11.9 Å². The zero-order chi connectivity index (χ0) is 19.6. The Kier molecular flexibility index (Phi) is 5.71. The van der Waals surface area contributed by atoms with Gasteiger partial charge in [0.05, 0.1) is 23.8 Å². The molecule has 2 aromatic rings. The molecule has 2 heterocycles. The third-order valence-corrected chi connectivity index (χ3v) is 6.26. The fourth-order valence-corrected chi connectivity index (χ4v) is 4.40. The Morgan fingerprint density at radius 3 is 2.93 bits per heavy atom. The van der Waals surface area contributed by atoms with Gasteiger partial charge in [-0.2, -0.15) is 0 Å². The molecule has 148 valence electrons.